The van der Waals surface area contributed by atoms with Gasteiger partial charge in [-0.2, -0.15) is 11.8 Å². The molecule has 2 N–H and O–H groups in total. The molecule has 1 aliphatic rings. The molecule has 0 radical (unpaired) electrons. The topological polar surface area (TPSA) is 62.5 Å². The Morgan fingerprint density at radius 1 is 1.55 bits per heavy atom. The van der Waals surface area contributed by atoms with Crippen LogP contribution in [0.25, 0.3) is 0 Å². The molecule has 7 heteroatoms. The van der Waals surface area contributed by atoms with Crippen molar-refractivity contribution in [2.24, 2.45) is 4.99 Å². The molecule has 0 saturated carbocycles. The molecule has 1 unspecified atom stereocenters. The highest BCUT2D eigenvalue weighted by atomic mass is 127. The Hall–Kier alpha value is -0.440. The van der Waals surface area contributed by atoms with Gasteiger partial charge in [-0.15, -0.1) is 24.0 Å². The minimum atomic E-state index is 0. The Morgan fingerprint density at radius 2 is 2.36 bits per heavy atom. The van der Waals surface area contributed by atoms with Crippen LogP contribution in [0.5, 0.6) is 0 Å². The fraction of sp³-hybridized carbons (Fsp3) is 0.733. The van der Waals surface area contributed by atoms with Crippen LogP contribution in [0.15, 0.2) is 15.6 Å². The quantitative estimate of drug-likeness (QED) is 0.420. The van der Waals surface area contributed by atoms with Gasteiger partial charge in [0.15, 0.2) is 11.7 Å². The summed E-state index contributed by atoms with van der Waals surface area (Å²) < 4.78 is 5.33. The molecule has 0 spiro atoms. The van der Waals surface area contributed by atoms with E-state index >= 15 is 0 Å². The van der Waals surface area contributed by atoms with E-state index in [1.54, 1.807) is 0 Å². The number of hydrogen-bond acceptors (Lipinski definition) is 4. The summed E-state index contributed by atoms with van der Waals surface area (Å²) in [6, 6.07) is 2.51. The standard InChI is InChI=1S/C15H26N4OS.HI/c1-4-16-15(18-12-6-5-7-21-10-12)17-9-13-8-14(11(2)3)19-20-13;/h8,11-12H,4-7,9-10H2,1-3H3,(H2,16,17,18);1H. The van der Waals surface area contributed by atoms with Crippen molar-refractivity contribution in [1.82, 2.24) is 15.8 Å². The first-order valence-electron chi connectivity index (χ1n) is 7.77. The molecule has 1 fully saturated rings. The van der Waals surface area contributed by atoms with Crippen LogP contribution >= 0.6 is 35.7 Å². The summed E-state index contributed by atoms with van der Waals surface area (Å²) in [7, 11) is 0. The van der Waals surface area contributed by atoms with Gasteiger partial charge >= 0.3 is 0 Å². The van der Waals surface area contributed by atoms with Crippen molar-refractivity contribution >= 4 is 41.7 Å². The zero-order valence-electron chi connectivity index (χ0n) is 13.6. The van der Waals surface area contributed by atoms with E-state index in [1.807, 2.05) is 17.8 Å². The van der Waals surface area contributed by atoms with Crippen LogP contribution in [0.2, 0.25) is 0 Å². The highest BCUT2D eigenvalue weighted by Crippen LogP contribution is 2.17. The Balaban J connectivity index is 0.00000242. The molecule has 0 aliphatic carbocycles. The lowest BCUT2D eigenvalue weighted by atomic mass is 10.1. The van der Waals surface area contributed by atoms with Crippen molar-refractivity contribution in [3.63, 3.8) is 0 Å². The minimum Gasteiger partial charge on any atom is -0.359 e. The fourth-order valence-corrected chi connectivity index (χ4v) is 3.27. The summed E-state index contributed by atoms with van der Waals surface area (Å²) >= 11 is 2.01. The van der Waals surface area contributed by atoms with Gasteiger partial charge in [-0.3, -0.25) is 0 Å². The average Bonchev–Trinajstić information content (AvgIpc) is 2.95. The molecule has 1 atom stereocenters. The highest BCUT2D eigenvalue weighted by molar-refractivity contribution is 14.0. The number of rotatable bonds is 5. The highest BCUT2D eigenvalue weighted by Gasteiger charge is 2.15. The maximum Gasteiger partial charge on any atom is 0.191 e. The first-order valence-corrected chi connectivity index (χ1v) is 8.92. The molecule has 1 aliphatic heterocycles. The van der Waals surface area contributed by atoms with E-state index in [-0.39, 0.29) is 24.0 Å². The lowest BCUT2D eigenvalue weighted by Gasteiger charge is -2.24. The molecule has 0 amide bonds. The maximum atomic E-state index is 5.33. The molecule has 2 rings (SSSR count). The number of thioether (sulfide) groups is 1. The predicted molar refractivity (Wildman–Crippen MR) is 104 cm³/mol. The molecule has 0 aromatic carbocycles. The molecule has 22 heavy (non-hydrogen) atoms. The maximum absolute atomic E-state index is 5.33. The summed E-state index contributed by atoms with van der Waals surface area (Å²) in [4.78, 5) is 4.60. The van der Waals surface area contributed by atoms with E-state index < -0.39 is 0 Å². The van der Waals surface area contributed by atoms with Gasteiger partial charge in [0.1, 0.15) is 6.54 Å². The molecule has 1 saturated heterocycles. The summed E-state index contributed by atoms with van der Waals surface area (Å²) in [5.41, 5.74) is 0.988. The van der Waals surface area contributed by atoms with Gasteiger partial charge < -0.3 is 15.2 Å². The molecule has 126 valence electrons. The lowest BCUT2D eigenvalue weighted by molar-refractivity contribution is 0.376. The predicted octanol–water partition coefficient (Wildman–Crippen LogP) is 3.37. The largest absolute Gasteiger partial charge is 0.359 e. The first kappa shape index (κ1) is 19.6. The van der Waals surface area contributed by atoms with Crippen molar-refractivity contribution in [1.29, 1.82) is 0 Å². The zero-order chi connectivity index (χ0) is 15.1. The van der Waals surface area contributed by atoms with Gasteiger partial charge in [0.25, 0.3) is 0 Å². The number of halogens is 1. The van der Waals surface area contributed by atoms with E-state index in [0.29, 0.717) is 18.5 Å². The number of guanidine groups is 1. The van der Waals surface area contributed by atoms with Crippen LogP contribution in [0.4, 0.5) is 0 Å². The van der Waals surface area contributed by atoms with Crippen LogP contribution in [-0.2, 0) is 6.54 Å². The van der Waals surface area contributed by atoms with Crippen LogP contribution in [0.3, 0.4) is 0 Å². The van der Waals surface area contributed by atoms with Gasteiger partial charge in [-0.25, -0.2) is 4.99 Å². The van der Waals surface area contributed by atoms with E-state index in [4.69, 9.17) is 4.52 Å². The number of nitrogens with zero attached hydrogens (tertiary/aromatic N) is 2. The summed E-state index contributed by atoms with van der Waals surface area (Å²) in [6.07, 6.45) is 2.50. The second-order valence-electron chi connectivity index (χ2n) is 5.63. The van der Waals surface area contributed by atoms with E-state index in [9.17, 15) is 0 Å². The van der Waals surface area contributed by atoms with Crippen molar-refractivity contribution in [2.75, 3.05) is 18.1 Å². The Morgan fingerprint density at radius 3 is 2.95 bits per heavy atom. The number of hydrogen-bond donors (Lipinski definition) is 2. The smallest absolute Gasteiger partial charge is 0.191 e. The van der Waals surface area contributed by atoms with Crippen LogP contribution in [-0.4, -0.2) is 35.2 Å². The molecule has 0 bridgehead atoms. The average molecular weight is 438 g/mol. The normalized spacial score (nSPS) is 18.9. The van der Waals surface area contributed by atoms with Gasteiger partial charge in [0, 0.05) is 24.4 Å². The first-order chi connectivity index (χ1) is 10.2. The number of aromatic nitrogens is 1. The van der Waals surface area contributed by atoms with Gasteiger partial charge in [0.05, 0.1) is 5.69 Å². The molecule has 1 aromatic heterocycles. The second-order valence-corrected chi connectivity index (χ2v) is 6.78. The van der Waals surface area contributed by atoms with Crippen molar-refractivity contribution < 1.29 is 4.52 Å². The SMILES string of the molecule is CCNC(=NCc1cc(C(C)C)no1)NC1CCCSC1.I. The zero-order valence-corrected chi connectivity index (χ0v) is 16.7. The summed E-state index contributed by atoms with van der Waals surface area (Å²) in [5, 5.41) is 10.9. The van der Waals surface area contributed by atoms with E-state index in [1.165, 1.54) is 18.6 Å². The molecule has 2 heterocycles. The van der Waals surface area contributed by atoms with Gasteiger partial charge in [0.2, 0.25) is 0 Å². The molecular formula is C15H27IN4OS. The third-order valence-electron chi connectivity index (χ3n) is 3.41. The third kappa shape index (κ3) is 6.36. The van der Waals surface area contributed by atoms with Crippen molar-refractivity contribution in [2.45, 2.75) is 52.1 Å². The molecule has 5 nitrogen and oxygen atoms in total. The molecular weight excluding hydrogens is 411 g/mol. The second kappa shape index (κ2) is 10.4. The third-order valence-corrected chi connectivity index (χ3v) is 4.62. The summed E-state index contributed by atoms with van der Waals surface area (Å²) in [6.45, 7) is 7.68. The fourth-order valence-electron chi connectivity index (χ4n) is 2.20. The van der Waals surface area contributed by atoms with Gasteiger partial charge in [-0.05, 0) is 31.4 Å². The van der Waals surface area contributed by atoms with Crippen molar-refractivity contribution in [3.8, 4) is 0 Å². The Bertz CT molecular complexity index is 458. The van der Waals surface area contributed by atoms with Crippen molar-refractivity contribution in [3.05, 3.63) is 17.5 Å². The lowest BCUT2D eigenvalue weighted by Crippen LogP contribution is -2.45. The van der Waals surface area contributed by atoms with E-state index in [2.05, 4.69) is 41.6 Å². The number of nitrogens with one attached hydrogen (secondary N) is 2. The van der Waals surface area contributed by atoms with Crippen LogP contribution in [0, 0.1) is 0 Å². The Kier molecular flexibility index (Phi) is 9.23. The monoisotopic (exact) mass is 438 g/mol. The minimum absolute atomic E-state index is 0. The number of aliphatic imine (C=N–C) groups is 1. The van der Waals surface area contributed by atoms with Gasteiger partial charge in [-0.1, -0.05) is 19.0 Å². The van der Waals surface area contributed by atoms with Crippen LogP contribution < -0.4 is 10.6 Å². The summed E-state index contributed by atoms with van der Waals surface area (Å²) in [5.74, 6) is 4.50. The molecule has 1 aromatic rings. The Labute approximate surface area is 154 Å². The van der Waals surface area contributed by atoms with E-state index in [0.717, 1.165) is 29.7 Å². The van der Waals surface area contributed by atoms with Crippen LogP contribution in [0.1, 0.15) is 51.0 Å².